The van der Waals surface area contributed by atoms with Crippen molar-refractivity contribution in [3.8, 4) is 0 Å². The van der Waals surface area contributed by atoms with Crippen molar-refractivity contribution in [3.63, 3.8) is 0 Å². The van der Waals surface area contributed by atoms with Gasteiger partial charge in [0.25, 0.3) is 0 Å². The summed E-state index contributed by atoms with van der Waals surface area (Å²) in [5, 5.41) is 3.60. The third-order valence-corrected chi connectivity index (χ3v) is 4.27. The van der Waals surface area contributed by atoms with Crippen molar-refractivity contribution in [2.24, 2.45) is 11.8 Å². The second kappa shape index (κ2) is 6.83. The van der Waals surface area contributed by atoms with Crippen LogP contribution in [-0.2, 0) is 0 Å². The van der Waals surface area contributed by atoms with Crippen LogP contribution >= 0.6 is 0 Å². The van der Waals surface area contributed by atoms with Crippen LogP contribution in [0.3, 0.4) is 0 Å². The quantitative estimate of drug-likeness (QED) is 0.867. The van der Waals surface area contributed by atoms with E-state index < -0.39 is 0 Å². The third kappa shape index (κ3) is 3.29. The molecule has 1 unspecified atom stereocenters. The van der Waals surface area contributed by atoms with Crippen molar-refractivity contribution < 1.29 is 0 Å². The molecule has 0 aliphatic heterocycles. The lowest BCUT2D eigenvalue weighted by atomic mass is 9.77. The van der Waals surface area contributed by atoms with Crippen LogP contribution in [0.5, 0.6) is 0 Å². The fourth-order valence-electron chi connectivity index (χ4n) is 3.13. The highest BCUT2D eigenvalue weighted by atomic mass is 15.0. The smallest absolute Gasteiger partial charge is 0.0758 e. The highest BCUT2D eigenvalue weighted by Gasteiger charge is 2.28. The van der Waals surface area contributed by atoms with Gasteiger partial charge in [0.15, 0.2) is 0 Å². The van der Waals surface area contributed by atoms with Crippen LogP contribution in [0.25, 0.3) is 0 Å². The highest BCUT2D eigenvalue weighted by Crippen LogP contribution is 2.37. The lowest BCUT2D eigenvalue weighted by molar-refractivity contribution is 0.217. The Morgan fingerprint density at radius 3 is 2.56 bits per heavy atom. The SMILES string of the molecule is CCNC(c1cnccn1)C1CCC(CC)CC1. The predicted octanol–water partition coefficient (Wildman–Crippen LogP) is 3.34. The maximum absolute atomic E-state index is 4.49. The number of rotatable bonds is 5. The van der Waals surface area contributed by atoms with E-state index in [2.05, 4.69) is 29.1 Å². The summed E-state index contributed by atoms with van der Waals surface area (Å²) < 4.78 is 0. The molecule has 3 heteroatoms. The second-order valence-electron chi connectivity index (χ2n) is 5.35. The Balaban J connectivity index is 2.02. The van der Waals surface area contributed by atoms with Crippen molar-refractivity contribution >= 4 is 0 Å². The van der Waals surface area contributed by atoms with Gasteiger partial charge in [-0.05, 0) is 31.2 Å². The average molecular weight is 247 g/mol. The highest BCUT2D eigenvalue weighted by molar-refractivity contribution is 5.05. The van der Waals surface area contributed by atoms with E-state index in [0.29, 0.717) is 6.04 Å². The largest absolute Gasteiger partial charge is 0.309 e. The Morgan fingerprint density at radius 1 is 1.22 bits per heavy atom. The number of nitrogens with one attached hydrogen (secondary N) is 1. The van der Waals surface area contributed by atoms with Crippen LogP contribution in [0, 0.1) is 11.8 Å². The molecular formula is C15H25N3. The zero-order valence-electron chi connectivity index (χ0n) is 11.6. The van der Waals surface area contributed by atoms with E-state index in [0.717, 1.165) is 24.1 Å². The molecule has 1 saturated carbocycles. The maximum Gasteiger partial charge on any atom is 0.0758 e. The molecule has 1 N–H and O–H groups in total. The van der Waals surface area contributed by atoms with E-state index in [1.807, 2.05) is 6.20 Å². The van der Waals surface area contributed by atoms with Crippen molar-refractivity contribution in [3.05, 3.63) is 24.3 Å². The fourth-order valence-corrected chi connectivity index (χ4v) is 3.13. The van der Waals surface area contributed by atoms with Crippen molar-refractivity contribution in [2.75, 3.05) is 6.54 Å². The van der Waals surface area contributed by atoms with E-state index in [1.54, 1.807) is 12.4 Å². The normalized spacial score (nSPS) is 25.9. The summed E-state index contributed by atoms with van der Waals surface area (Å²) in [5.41, 5.74) is 1.11. The molecule has 1 atom stereocenters. The Kier molecular flexibility index (Phi) is 5.12. The van der Waals surface area contributed by atoms with Gasteiger partial charge < -0.3 is 5.32 Å². The zero-order valence-corrected chi connectivity index (χ0v) is 11.6. The lowest BCUT2D eigenvalue weighted by Gasteiger charge is -2.33. The molecule has 1 heterocycles. The Bertz CT molecular complexity index is 331. The summed E-state index contributed by atoms with van der Waals surface area (Å²) >= 11 is 0. The summed E-state index contributed by atoms with van der Waals surface area (Å²) in [6.07, 6.45) is 12.2. The summed E-state index contributed by atoms with van der Waals surface area (Å²) in [6.45, 7) is 5.48. The van der Waals surface area contributed by atoms with Crippen molar-refractivity contribution in [1.29, 1.82) is 0 Å². The van der Waals surface area contributed by atoms with Crippen LogP contribution in [0.4, 0.5) is 0 Å². The number of nitrogens with zero attached hydrogens (tertiary/aromatic N) is 2. The second-order valence-corrected chi connectivity index (χ2v) is 5.35. The van der Waals surface area contributed by atoms with Gasteiger partial charge in [-0.2, -0.15) is 0 Å². The molecule has 0 radical (unpaired) electrons. The van der Waals surface area contributed by atoms with E-state index >= 15 is 0 Å². The topological polar surface area (TPSA) is 37.8 Å². The van der Waals surface area contributed by atoms with Crippen molar-refractivity contribution in [1.82, 2.24) is 15.3 Å². The summed E-state index contributed by atoms with van der Waals surface area (Å²) in [7, 11) is 0. The lowest BCUT2D eigenvalue weighted by Crippen LogP contribution is -2.31. The first-order valence-electron chi connectivity index (χ1n) is 7.34. The molecule has 18 heavy (non-hydrogen) atoms. The fraction of sp³-hybridized carbons (Fsp3) is 0.733. The van der Waals surface area contributed by atoms with Crippen LogP contribution in [0.15, 0.2) is 18.6 Å². The minimum Gasteiger partial charge on any atom is -0.309 e. The molecular weight excluding hydrogens is 222 g/mol. The molecule has 0 saturated heterocycles. The summed E-state index contributed by atoms with van der Waals surface area (Å²) in [4.78, 5) is 8.70. The zero-order chi connectivity index (χ0) is 12.8. The molecule has 1 aliphatic rings. The molecule has 1 aliphatic carbocycles. The monoisotopic (exact) mass is 247 g/mol. The average Bonchev–Trinajstić information content (AvgIpc) is 2.46. The minimum absolute atomic E-state index is 0.390. The van der Waals surface area contributed by atoms with E-state index in [1.165, 1.54) is 32.1 Å². The van der Waals surface area contributed by atoms with Gasteiger partial charge in [0.05, 0.1) is 11.7 Å². The first-order chi connectivity index (χ1) is 8.85. The Hall–Kier alpha value is -0.960. The third-order valence-electron chi connectivity index (χ3n) is 4.27. The first-order valence-corrected chi connectivity index (χ1v) is 7.34. The van der Waals surface area contributed by atoms with Crippen LogP contribution < -0.4 is 5.32 Å². The molecule has 0 aromatic carbocycles. The van der Waals surface area contributed by atoms with Crippen molar-refractivity contribution in [2.45, 2.75) is 52.0 Å². The van der Waals surface area contributed by atoms with E-state index in [4.69, 9.17) is 0 Å². The molecule has 2 rings (SSSR count). The van der Waals surface area contributed by atoms with Gasteiger partial charge in [-0.25, -0.2) is 0 Å². The van der Waals surface area contributed by atoms with Gasteiger partial charge in [0.2, 0.25) is 0 Å². The molecule has 0 spiro atoms. The van der Waals surface area contributed by atoms with E-state index in [-0.39, 0.29) is 0 Å². The number of hydrogen-bond acceptors (Lipinski definition) is 3. The molecule has 100 valence electrons. The van der Waals surface area contributed by atoms with Crippen LogP contribution in [0.2, 0.25) is 0 Å². The van der Waals surface area contributed by atoms with Crippen LogP contribution in [-0.4, -0.2) is 16.5 Å². The van der Waals surface area contributed by atoms with Gasteiger partial charge in [-0.3, -0.25) is 9.97 Å². The number of hydrogen-bond donors (Lipinski definition) is 1. The summed E-state index contributed by atoms with van der Waals surface area (Å²) in [6, 6.07) is 0.390. The van der Waals surface area contributed by atoms with Crippen LogP contribution in [0.1, 0.15) is 57.7 Å². The minimum atomic E-state index is 0.390. The van der Waals surface area contributed by atoms with Gasteiger partial charge >= 0.3 is 0 Å². The Labute approximate surface area is 110 Å². The van der Waals surface area contributed by atoms with Gasteiger partial charge in [-0.15, -0.1) is 0 Å². The molecule has 1 fully saturated rings. The molecule has 3 nitrogen and oxygen atoms in total. The first kappa shape index (κ1) is 13.5. The van der Waals surface area contributed by atoms with Gasteiger partial charge in [0, 0.05) is 18.6 Å². The molecule has 0 bridgehead atoms. The van der Waals surface area contributed by atoms with Gasteiger partial charge in [0.1, 0.15) is 0 Å². The Morgan fingerprint density at radius 2 is 2.00 bits per heavy atom. The molecule has 1 aromatic rings. The predicted molar refractivity (Wildman–Crippen MR) is 74.2 cm³/mol. The molecule has 0 amide bonds. The van der Waals surface area contributed by atoms with Gasteiger partial charge in [-0.1, -0.05) is 33.1 Å². The number of aromatic nitrogens is 2. The van der Waals surface area contributed by atoms with E-state index in [9.17, 15) is 0 Å². The molecule has 1 aromatic heterocycles. The maximum atomic E-state index is 4.49. The summed E-state index contributed by atoms with van der Waals surface area (Å²) in [5.74, 6) is 1.68. The standard InChI is InChI=1S/C15H25N3/c1-3-12-5-7-13(8-6-12)15(17-4-2)14-11-16-9-10-18-14/h9-13,15,17H,3-8H2,1-2H3.